The van der Waals surface area contributed by atoms with Crippen LogP contribution in [0.15, 0.2) is 30.3 Å². The standard InChI is InChI=1S/C14H19NO4.C9H10N2O7/c16-13(17)9-5-2-6-10-15-14(18)19-11-12-7-3-1-4-8-12;12-5-3-6(13)11(9(18)10-5)4(8(16)17)1-2-7(14)15/h1,3-4,7-8H,2,5-6,9-11H2,(H,15,18)(H,16,17);4H,1-3H2,(H,14,15)(H,16,17)(H,10,12,18)/t;4-/m.0/s1. The number of barbiturate groups is 1. The molecule has 37 heavy (non-hydrogen) atoms. The van der Waals surface area contributed by atoms with Crippen molar-refractivity contribution in [3.63, 3.8) is 0 Å². The highest BCUT2D eigenvalue weighted by atomic mass is 16.5. The fourth-order valence-electron chi connectivity index (χ4n) is 3.04. The number of unbranched alkanes of at least 4 members (excludes halogenated alkanes) is 2. The second kappa shape index (κ2) is 16.2. The first-order chi connectivity index (χ1) is 17.5. The number of carbonyl (C=O) groups is 7. The number of imide groups is 2. The van der Waals surface area contributed by atoms with E-state index >= 15 is 0 Å². The van der Waals surface area contributed by atoms with Gasteiger partial charge in [0.2, 0.25) is 11.8 Å². The van der Waals surface area contributed by atoms with Gasteiger partial charge < -0.3 is 25.4 Å². The van der Waals surface area contributed by atoms with Crippen LogP contribution in [-0.4, -0.2) is 74.7 Å². The molecule has 1 aromatic rings. The van der Waals surface area contributed by atoms with Gasteiger partial charge in [-0.15, -0.1) is 0 Å². The number of nitrogens with one attached hydrogen (secondary N) is 2. The van der Waals surface area contributed by atoms with Gasteiger partial charge in [-0.3, -0.25) is 24.5 Å². The van der Waals surface area contributed by atoms with E-state index in [9.17, 15) is 33.6 Å². The first-order valence-electron chi connectivity index (χ1n) is 11.3. The lowest BCUT2D eigenvalue weighted by molar-refractivity contribution is -0.151. The van der Waals surface area contributed by atoms with Crippen LogP contribution < -0.4 is 10.6 Å². The minimum Gasteiger partial charge on any atom is -0.481 e. The minimum absolute atomic E-state index is 0.179. The number of carboxylic acids is 3. The van der Waals surface area contributed by atoms with Crippen molar-refractivity contribution in [3.05, 3.63) is 35.9 Å². The molecule has 0 saturated carbocycles. The second-order valence-electron chi connectivity index (χ2n) is 7.77. The molecule has 1 atom stereocenters. The van der Waals surface area contributed by atoms with Gasteiger partial charge in [-0.05, 0) is 24.8 Å². The molecule has 1 fully saturated rings. The average molecular weight is 523 g/mol. The molecule has 0 aromatic heterocycles. The molecular formula is C23H29N3O11. The highest BCUT2D eigenvalue weighted by Crippen LogP contribution is 2.13. The van der Waals surface area contributed by atoms with Gasteiger partial charge >= 0.3 is 30.0 Å². The quantitative estimate of drug-likeness (QED) is 0.183. The molecule has 14 nitrogen and oxygen atoms in total. The Hall–Kier alpha value is -4.49. The van der Waals surface area contributed by atoms with E-state index in [0.29, 0.717) is 17.9 Å². The molecule has 5 N–H and O–H groups in total. The number of carboxylic acid groups (broad SMARTS) is 3. The molecule has 14 heteroatoms. The summed E-state index contributed by atoms with van der Waals surface area (Å²) >= 11 is 0. The van der Waals surface area contributed by atoms with E-state index in [2.05, 4.69) is 5.32 Å². The van der Waals surface area contributed by atoms with Gasteiger partial charge in [-0.2, -0.15) is 0 Å². The number of alkyl carbamates (subject to hydrolysis) is 1. The second-order valence-corrected chi connectivity index (χ2v) is 7.77. The Bertz CT molecular complexity index is 961. The van der Waals surface area contributed by atoms with Crippen LogP contribution in [0.25, 0.3) is 0 Å². The molecule has 0 aliphatic carbocycles. The van der Waals surface area contributed by atoms with E-state index in [1.807, 2.05) is 30.3 Å². The van der Waals surface area contributed by atoms with Gasteiger partial charge in [0, 0.05) is 19.4 Å². The van der Waals surface area contributed by atoms with Crippen molar-refractivity contribution in [2.24, 2.45) is 0 Å². The number of ether oxygens (including phenoxy) is 1. The summed E-state index contributed by atoms with van der Waals surface area (Å²) in [6, 6.07) is 6.72. The molecule has 1 saturated heterocycles. The third-order valence-electron chi connectivity index (χ3n) is 4.82. The number of aliphatic carboxylic acids is 3. The van der Waals surface area contributed by atoms with E-state index in [1.54, 1.807) is 5.32 Å². The highest BCUT2D eigenvalue weighted by Gasteiger charge is 2.39. The van der Waals surface area contributed by atoms with Gasteiger partial charge in [0.15, 0.2) is 0 Å². The van der Waals surface area contributed by atoms with Crippen LogP contribution in [0.1, 0.15) is 50.5 Å². The number of hydrogen-bond donors (Lipinski definition) is 5. The molecule has 1 aliphatic rings. The van der Waals surface area contributed by atoms with E-state index in [1.165, 1.54) is 0 Å². The largest absolute Gasteiger partial charge is 0.481 e. The molecule has 0 unspecified atom stereocenters. The maximum Gasteiger partial charge on any atom is 0.407 e. The molecule has 1 aliphatic heterocycles. The Labute approximate surface area is 211 Å². The fourth-order valence-corrected chi connectivity index (χ4v) is 3.04. The van der Waals surface area contributed by atoms with Crippen LogP contribution in [0, 0.1) is 0 Å². The third-order valence-corrected chi connectivity index (χ3v) is 4.82. The van der Waals surface area contributed by atoms with Crippen LogP contribution in [0.5, 0.6) is 0 Å². The maximum atomic E-state index is 11.4. The van der Waals surface area contributed by atoms with Gasteiger partial charge in [0.25, 0.3) is 0 Å². The lowest BCUT2D eigenvalue weighted by atomic mass is 10.1. The Morgan fingerprint density at radius 2 is 1.59 bits per heavy atom. The smallest absolute Gasteiger partial charge is 0.407 e. The highest BCUT2D eigenvalue weighted by molar-refractivity contribution is 6.15. The van der Waals surface area contributed by atoms with E-state index < -0.39 is 67.2 Å². The summed E-state index contributed by atoms with van der Waals surface area (Å²) in [6.45, 7) is 0.763. The SMILES string of the molecule is O=C(O)CCCCCNC(=O)OCc1ccccc1.O=C(O)CC[C@@H](C(=O)O)N1C(=O)CC(=O)NC1=O. The summed E-state index contributed by atoms with van der Waals surface area (Å²) in [6.07, 6.45) is 0.345. The van der Waals surface area contributed by atoms with Crippen LogP contribution in [0.3, 0.4) is 0 Å². The minimum atomic E-state index is -1.60. The predicted octanol–water partition coefficient (Wildman–Crippen LogP) is 1.33. The van der Waals surface area contributed by atoms with Crippen molar-refractivity contribution in [2.45, 2.75) is 57.6 Å². The normalized spacial score (nSPS) is 13.5. The predicted molar refractivity (Wildman–Crippen MR) is 124 cm³/mol. The monoisotopic (exact) mass is 523 g/mol. The number of nitrogens with zero attached hydrogens (tertiary/aromatic N) is 1. The van der Waals surface area contributed by atoms with Crippen molar-refractivity contribution in [3.8, 4) is 0 Å². The fraction of sp³-hybridized carbons (Fsp3) is 0.435. The molecule has 0 spiro atoms. The molecule has 5 amide bonds. The first-order valence-corrected chi connectivity index (χ1v) is 11.3. The van der Waals surface area contributed by atoms with Crippen LogP contribution in [0.4, 0.5) is 9.59 Å². The van der Waals surface area contributed by atoms with Crippen molar-refractivity contribution >= 4 is 41.8 Å². The molecule has 202 valence electrons. The first kappa shape index (κ1) is 30.5. The molecule has 0 bridgehead atoms. The third kappa shape index (κ3) is 12.7. The summed E-state index contributed by atoms with van der Waals surface area (Å²) in [5.41, 5.74) is 0.944. The van der Waals surface area contributed by atoms with E-state index in [0.717, 1.165) is 18.4 Å². The Balaban J connectivity index is 0.000000371. The van der Waals surface area contributed by atoms with Crippen LogP contribution >= 0.6 is 0 Å². The Kier molecular flexibility index (Phi) is 13.4. The number of hydrogen-bond acceptors (Lipinski definition) is 8. The number of carbonyl (C=O) groups excluding carboxylic acids is 4. The molecule has 1 heterocycles. The average Bonchev–Trinajstić information content (AvgIpc) is 2.82. The maximum absolute atomic E-state index is 11.4. The Morgan fingerprint density at radius 3 is 2.16 bits per heavy atom. The summed E-state index contributed by atoms with van der Waals surface area (Å²) < 4.78 is 5.03. The zero-order chi connectivity index (χ0) is 27.8. The Morgan fingerprint density at radius 1 is 0.946 bits per heavy atom. The number of rotatable bonds is 13. The molecule has 1 aromatic carbocycles. The van der Waals surface area contributed by atoms with Crippen molar-refractivity contribution in [2.75, 3.05) is 6.54 Å². The lowest BCUT2D eigenvalue weighted by Gasteiger charge is -2.29. The molecular weight excluding hydrogens is 494 g/mol. The zero-order valence-corrected chi connectivity index (χ0v) is 19.9. The van der Waals surface area contributed by atoms with Gasteiger partial charge in [-0.25, -0.2) is 19.3 Å². The number of benzene rings is 1. The molecule has 2 rings (SSSR count). The van der Waals surface area contributed by atoms with E-state index in [4.69, 9.17) is 20.1 Å². The zero-order valence-electron chi connectivity index (χ0n) is 19.9. The van der Waals surface area contributed by atoms with Crippen LogP contribution in [0.2, 0.25) is 0 Å². The van der Waals surface area contributed by atoms with Crippen molar-refractivity contribution in [1.29, 1.82) is 0 Å². The van der Waals surface area contributed by atoms with Gasteiger partial charge in [0.1, 0.15) is 19.1 Å². The van der Waals surface area contributed by atoms with Crippen LogP contribution in [-0.2, 0) is 35.3 Å². The number of amides is 5. The summed E-state index contributed by atoms with van der Waals surface area (Å²) in [7, 11) is 0. The summed E-state index contributed by atoms with van der Waals surface area (Å²) in [4.78, 5) is 76.9. The molecule has 0 radical (unpaired) electrons. The van der Waals surface area contributed by atoms with Gasteiger partial charge in [-0.1, -0.05) is 36.8 Å². The number of urea groups is 1. The summed E-state index contributed by atoms with van der Waals surface area (Å²) in [5, 5.41) is 30.2. The van der Waals surface area contributed by atoms with Crippen molar-refractivity contribution < 1.29 is 53.6 Å². The van der Waals surface area contributed by atoms with E-state index in [-0.39, 0.29) is 13.0 Å². The topological polar surface area (TPSA) is 217 Å². The lowest BCUT2D eigenvalue weighted by Crippen LogP contribution is -2.58. The van der Waals surface area contributed by atoms with Crippen molar-refractivity contribution in [1.82, 2.24) is 15.5 Å². The van der Waals surface area contributed by atoms with Gasteiger partial charge in [0.05, 0.1) is 0 Å². The summed E-state index contributed by atoms with van der Waals surface area (Å²) in [5.74, 6) is -5.31.